The highest BCUT2D eigenvalue weighted by Gasteiger charge is 2.74. The number of nitrogens with one attached hydrogen (secondary N) is 1. The van der Waals surface area contributed by atoms with Crippen LogP contribution in [0.5, 0.6) is 11.5 Å². The Hall–Kier alpha value is -7.19. The van der Waals surface area contributed by atoms with Crippen LogP contribution in [0.25, 0.3) is 22.3 Å². The van der Waals surface area contributed by atoms with E-state index in [1.54, 1.807) is 89.5 Å². The fraction of sp³-hybridized carbons (Fsp3) is 0.321. The van der Waals surface area contributed by atoms with Crippen molar-refractivity contribution >= 4 is 72.0 Å². The van der Waals surface area contributed by atoms with Crippen molar-refractivity contribution in [3.05, 3.63) is 160 Å². The summed E-state index contributed by atoms with van der Waals surface area (Å²) in [5, 5.41) is 12.6. The maximum atomic E-state index is 15.7. The predicted octanol–water partition coefficient (Wildman–Crippen LogP) is 7.20. The average molecular weight is 1160 g/mol. The van der Waals surface area contributed by atoms with E-state index in [1.165, 1.54) is 30.7 Å². The van der Waals surface area contributed by atoms with Crippen LogP contribution in [0.2, 0.25) is 0 Å². The number of fused-ring (bicyclic) bond motifs is 4. The normalized spacial score (nSPS) is 28.1. The quantitative estimate of drug-likeness (QED) is 0.0503. The lowest BCUT2D eigenvalue weighted by Crippen LogP contribution is -2.38. The van der Waals surface area contributed by atoms with Gasteiger partial charge in [-0.1, -0.05) is 59.7 Å². The van der Waals surface area contributed by atoms with Crippen molar-refractivity contribution in [3.8, 4) is 11.5 Å². The van der Waals surface area contributed by atoms with Crippen molar-refractivity contribution in [2.45, 2.75) is 75.4 Å². The molecule has 4 aromatic heterocycles. The molecule has 2 bridgehead atoms. The number of aliphatic hydroxyl groups is 1. The average Bonchev–Trinajstić information content (AvgIpc) is 2.03. The molecule has 2 aliphatic carbocycles. The molecular weight excluding hydrogens is 1110 g/mol. The Balaban J connectivity index is 0.883. The van der Waals surface area contributed by atoms with Gasteiger partial charge in [0.05, 0.1) is 49.6 Å². The first-order valence-corrected chi connectivity index (χ1v) is 30.0. The Bertz CT molecular complexity index is 3850. The van der Waals surface area contributed by atoms with Gasteiger partial charge in [0.2, 0.25) is 5.95 Å². The molecule has 1 spiro atoms. The number of nitrogens with two attached hydrogens (primary N) is 2. The third-order valence-electron chi connectivity index (χ3n) is 14.8. The van der Waals surface area contributed by atoms with Crippen LogP contribution >= 0.6 is 26.0 Å². The number of nitrogens with zero attached hydrogens (tertiary/aromatic N) is 7. The van der Waals surface area contributed by atoms with Gasteiger partial charge in [-0.3, -0.25) is 37.0 Å². The molecule has 2 saturated carbocycles. The number of H-pyrrole nitrogens is 1. The summed E-state index contributed by atoms with van der Waals surface area (Å²) in [4.78, 5) is 62.9. The summed E-state index contributed by atoms with van der Waals surface area (Å²) >= 11 is 0.829. The second-order valence-corrected chi connectivity index (χ2v) is 25.7. The van der Waals surface area contributed by atoms with Crippen molar-refractivity contribution in [3.63, 3.8) is 0 Å². The first-order valence-electron chi connectivity index (χ1n) is 25.4. The fourth-order valence-electron chi connectivity index (χ4n) is 10.5. The number of aliphatic hydroxyl groups excluding tert-OH is 1. The third-order valence-corrected chi connectivity index (χ3v) is 19.8. The number of phosphoric acid groups is 1. The number of methoxy groups -OCH3 is 1. The van der Waals surface area contributed by atoms with Gasteiger partial charge in [-0.25, -0.2) is 38.7 Å². The highest BCUT2D eigenvalue weighted by atomic mass is 32.7. The zero-order valence-electron chi connectivity index (χ0n) is 43.4. The van der Waals surface area contributed by atoms with Gasteiger partial charge in [-0.15, -0.1) is 0 Å². The van der Waals surface area contributed by atoms with Crippen LogP contribution in [0.4, 0.5) is 11.8 Å². The number of ether oxygens (including phenoxy) is 4. The van der Waals surface area contributed by atoms with Gasteiger partial charge in [-0.2, -0.15) is 4.98 Å². The third kappa shape index (κ3) is 10.7. The molecule has 1 unspecified atom stereocenters. The van der Waals surface area contributed by atoms with Crippen LogP contribution in [-0.2, 0) is 53.6 Å². The van der Waals surface area contributed by atoms with Gasteiger partial charge in [0.25, 0.3) is 5.56 Å². The van der Waals surface area contributed by atoms with Crippen molar-refractivity contribution in [1.29, 1.82) is 0 Å². The van der Waals surface area contributed by atoms with Crippen LogP contribution < -0.4 is 26.5 Å². The van der Waals surface area contributed by atoms with Crippen LogP contribution in [0.1, 0.15) is 61.7 Å². The number of hydrogen-bond acceptors (Lipinski definition) is 23. The van der Waals surface area contributed by atoms with Crippen molar-refractivity contribution in [2.24, 2.45) is 11.3 Å². The number of phosphoric ester groups is 1. The lowest BCUT2D eigenvalue weighted by Gasteiger charge is -2.32. The molecule has 81 heavy (non-hydrogen) atoms. The Kier molecular flexibility index (Phi) is 14.5. The summed E-state index contributed by atoms with van der Waals surface area (Å²) in [6.07, 6.45) is -3.67. The number of carbonyl (C=O) groups excluding carboxylic acids is 2. The van der Waals surface area contributed by atoms with Crippen LogP contribution in [-0.4, -0.2) is 107 Å². The SMILES string of the molecule is CO[C@H]1[C@H]2OP(=O)(OCc3ccc(OC(=O)c4ccc(C)cc4)cc3)OC[C@]34C[C@@H]3[C@@H](n3cnc5c(N)ncnc53)[C@H](O)[C@@H]4O[P@](=O)(SCc3ccc(OC(=O)c4ccc(C)cc4)cc3)OC[C@H]1O[C@H]2n1cnc2c(=O)[nH]c(N)nc21. The topological polar surface area (TPSA) is 331 Å². The highest BCUT2D eigenvalue weighted by molar-refractivity contribution is 8.54. The van der Waals surface area contributed by atoms with Gasteiger partial charge in [0.15, 0.2) is 28.9 Å². The molecule has 25 nitrogen and oxygen atoms in total. The summed E-state index contributed by atoms with van der Waals surface area (Å²) in [7, 11) is -3.55. The number of imidazole rings is 2. The van der Waals surface area contributed by atoms with Crippen LogP contribution in [0.15, 0.2) is 121 Å². The first kappa shape index (κ1) is 54.4. The van der Waals surface area contributed by atoms with E-state index in [0.29, 0.717) is 27.9 Å². The Labute approximate surface area is 464 Å². The van der Waals surface area contributed by atoms with Gasteiger partial charge in [0.1, 0.15) is 53.9 Å². The van der Waals surface area contributed by atoms with E-state index >= 15 is 9.13 Å². The van der Waals surface area contributed by atoms with E-state index < -0.39 is 99.5 Å². The molecule has 2 aliphatic heterocycles. The summed E-state index contributed by atoms with van der Waals surface area (Å²) in [5.41, 5.74) is 14.6. The van der Waals surface area contributed by atoms with E-state index in [4.69, 9.17) is 53.0 Å². The predicted molar refractivity (Wildman–Crippen MR) is 291 cm³/mol. The standard InChI is InChI=1S/C53H52N10O15P2S/c1-28-4-12-32(13-5-28)50(66)74-34-16-8-30(9-17-34)21-71-79(68)73-24-53-20-36(53)40(62-26-58-38-45(54)56-25-57-46(38)62)41(64)44(53)78-80(69,81-23-31-10-18-35(19-11-31)75-51(67)33-14-6-29(2)7-15-33)72-22-37-42(70-3)43(77-79)49(76-37)63-27-59-39-47(63)60-52(55)61-48(39)65/h4-19,25-27,36-37,40-44,49,64H,20-24H2,1-3H3,(H2,54,56,57)(H3,55,60,61,65)/t36-,37-,40-,41+,42-,43-,44+,49-,53-,79?,80-/m1/s1. The number of benzene rings is 4. The molecule has 4 aliphatic rings. The van der Waals surface area contributed by atoms with E-state index in [9.17, 15) is 19.5 Å². The molecule has 0 radical (unpaired) electrons. The Morgan fingerprint density at radius 2 is 1.43 bits per heavy atom. The zero-order chi connectivity index (χ0) is 56.4. The van der Waals surface area contributed by atoms with E-state index in [0.717, 1.165) is 22.5 Å². The number of rotatable bonds is 13. The molecule has 2 saturated heterocycles. The van der Waals surface area contributed by atoms with Crippen molar-refractivity contribution < 1.29 is 65.4 Å². The Morgan fingerprint density at radius 3 is 2.09 bits per heavy atom. The lowest BCUT2D eigenvalue weighted by molar-refractivity contribution is -0.0617. The van der Waals surface area contributed by atoms with Gasteiger partial charge in [-0.05, 0) is 97.2 Å². The number of aromatic amines is 1. The second-order valence-electron chi connectivity index (χ2n) is 20.1. The number of aromatic nitrogens is 8. The minimum atomic E-state index is -4.90. The molecule has 28 heteroatoms. The van der Waals surface area contributed by atoms with Crippen LogP contribution in [0, 0.1) is 25.2 Å². The van der Waals surface area contributed by atoms with E-state index in [2.05, 4.69) is 29.9 Å². The monoisotopic (exact) mass is 1160 g/mol. The molecule has 0 amide bonds. The summed E-state index contributed by atoms with van der Waals surface area (Å²) in [6, 6.07) is 26.0. The van der Waals surface area contributed by atoms with Crippen molar-refractivity contribution in [2.75, 3.05) is 31.8 Å². The zero-order valence-corrected chi connectivity index (χ0v) is 46.0. The molecule has 6 N–H and O–H groups in total. The summed E-state index contributed by atoms with van der Waals surface area (Å²) < 4.78 is 90.7. The van der Waals surface area contributed by atoms with Crippen LogP contribution in [0.3, 0.4) is 0 Å². The maximum Gasteiger partial charge on any atom is 0.475 e. The molecule has 12 rings (SSSR count). The molecule has 8 aromatic rings. The highest BCUT2D eigenvalue weighted by Crippen LogP contribution is 2.75. The number of hydrogen-bond donors (Lipinski definition) is 4. The molecule has 4 aromatic carbocycles. The fourth-order valence-corrected chi connectivity index (χ4v) is 15.4. The number of carbonyl (C=O) groups is 2. The van der Waals surface area contributed by atoms with Gasteiger partial charge < -0.3 is 40.1 Å². The summed E-state index contributed by atoms with van der Waals surface area (Å²) in [5.74, 6) is -1.21. The number of anilines is 2. The van der Waals surface area contributed by atoms with Gasteiger partial charge in [0, 0.05) is 18.3 Å². The minimum Gasteiger partial charge on any atom is -0.423 e. The number of esters is 2. The Morgan fingerprint density at radius 1 is 0.802 bits per heavy atom. The molecule has 4 fully saturated rings. The van der Waals surface area contributed by atoms with E-state index in [-0.39, 0.29) is 58.7 Å². The molecule has 420 valence electrons. The minimum absolute atomic E-state index is 0.0275. The van der Waals surface area contributed by atoms with E-state index in [1.807, 2.05) is 26.0 Å². The second kappa shape index (κ2) is 21.6. The number of nitrogen functional groups attached to an aromatic ring is 2. The largest absolute Gasteiger partial charge is 0.475 e. The molecule has 6 heterocycles. The molecular formula is C53H52N10O15P2S. The van der Waals surface area contributed by atoms with Crippen molar-refractivity contribution in [1.82, 2.24) is 39.0 Å². The number of aryl methyl sites for hydroxylation is 2. The maximum absolute atomic E-state index is 15.7. The smallest absolute Gasteiger partial charge is 0.423 e. The first-order chi connectivity index (χ1) is 39.0. The van der Waals surface area contributed by atoms with Gasteiger partial charge >= 0.3 is 26.6 Å². The summed E-state index contributed by atoms with van der Waals surface area (Å²) in [6.45, 7) is -2.00. The molecule has 11 atom stereocenters. The lowest BCUT2D eigenvalue weighted by atomic mass is 10.0.